The number of hydrogen-bond acceptors (Lipinski definition) is 4. The summed E-state index contributed by atoms with van der Waals surface area (Å²) in [6, 6.07) is 6.25. The normalized spacial score (nSPS) is 15.8. The Morgan fingerprint density at radius 2 is 2.00 bits per heavy atom. The van der Waals surface area contributed by atoms with Gasteiger partial charge in [0.1, 0.15) is 5.52 Å². The van der Waals surface area contributed by atoms with Gasteiger partial charge in [0.05, 0.1) is 16.9 Å². The summed E-state index contributed by atoms with van der Waals surface area (Å²) in [4.78, 5) is 15.7. The summed E-state index contributed by atoms with van der Waals surface area (Å²) in [5.74, 6) is -4.35. The van der Waals surface area contributed by atoms with Crippen molar-refractivity contribution in [1.82, 2.24) is 14.6 Å². The van der Waals surface area contributed by atoms with Crippen LogP contribution in [0.3, 0.4) is 0 Å². The summed E-state index contributed by atoms with van der Waals surface area (Å²) in [6.45, 7) is 6.17. The van der Waals surface area contributed by atoms with E-state index < -0.39 is 11.8 Å². The average Bonchev–Trinajstić information content (AvgIpc) is 3.09. The monoisotopic (exact) mass is 357 g/mol. The van der Waals surface area contributed by atoms with Crippen molar-refractivity contribution >= 4 is 28.6 Å². The fraction of sp³-hybridized carbons (Fsp3) is 0.278. The molecule has 0 saturated carbocycles. The summed E-state index contributed by atoms with van der Waals surface area (Å²) in [5.41, 5.74) is 1.69. The van der Waals surface area contributed by atoms with Gasteiger partial charge in [-0.05, 0) is 24.3 Å². The molecule has 1 aromatic carbocycles. The first-order valence-electron chi connectivity index (χ1n) is 8.12. The van der Waals surface area contributed by atoms with Gasteiger partial charge in [-0.3, -0.25) is 4.79 Å². The lowest BCUT2D eigenvalue weighted by molar-refractivity contribution is -0.139. The molecule has 6 nitrogen and oxygen atoms in total. The van der Waals surface area contributed by atoms with Gasteiger partial charge < -0.3 is 10.6 Å². The van der Waals surface area contributed by atoms with E-state index in [1.807, 2.05) is 6.07 Å². The van der Waals surface area contributed by atoms with Crippen LogP contribution in [0.25, 0.3) is 5.52 Å². The maximum atomic E-state index is 14.0. The second-order valence-corrected chi connectivity index (χ2v) is 7.30. The van der Waals surface area contributed by atoms with Crippen LogP contribution in [0.5, 0.6) is 0 Å². The summed E-state index contributed by atoms with van der Waals surface area (Å²) >= 11 is 0. The third-order valence-corrected chi connectivity index (χ3v) is 4.31. The smallest absolute Gasteiger partial charge is 0.338 e. The van der Waals surface area contributed by atoms with Crippen LogP contribution in [0.4, 0.5) is 26.0 Å². The van der Waals surface area contributed by atoms with E-state index in [-0.39, 0.29) is 16.7 Å². The lowest BCUT2D eigenvalue weighted by Crippen LogP contribution is -2.23. The van der Waals surface area contributed by atoms with Gasteiger partial charge in [0.15, 0.2) is 5.82 Å². The molecule has 3 aromatic rings. The number of rotatable bonds is 2. The number of nitrogens with one attached hydrogen (secondary N) is 2. The number of halogens is 2. The predicted molar refractivity (Wildman–Crippen MR) is 93.9 cm³/mol. The summed E-state index contributed by atoms with van der Waals surface area (Å²) < 4.78 is 29.6. The van der Waals surface area contributed by atoms with Crippen molar-refractivity contribution in [2.75, 3.05) is 10.6 Å². The molecule has 0 radical (unpaired) electrons. The molecule has 1 aliphatic rings. The van der Waals surface area contributed by atoms with Crippen molar-refractivity contribution in [1.29, 1.82) is 0 Å². The van der Waals surface area contributed by atoms with E-state index in [4.69, 9.17) is 0 Å². The minimum atomic E-state index is -3.54. The number of carbonyl (C=O) groups is 1. The van der Waals surface area contributed by atoms with Crippen molar-refractivity contribution < 1.29 is 13.6 Å². The minimum Gasteiger partial charge on any atom is -0.338 e. The van der Waals surface area contributed by atoms with Gasteiger partial charge in [-0.15, -0.1) is 0 Å². The van der Waals surface area contributed by atoms with Crippen LogP contribution in [0, 0.1) is 0 Å². The quantitative estimate of drug-likeness (QED) is 0.732. The van der Waals surface area contributed by atoms with Crippen molar-refractivity contribution in [3.8, 4) is 0 Å². The van der Waals surface area contributed by atoms with Gasteiger partial charge in [-0.25, -0.2) is 9.50 Å². The zero-order chi connectivity index (χ0) is 18.7. The average molecular weight is 357 g/mol. The van der Waals surface area contributed by atoms with Gasteiger partial charge in [-0.2, -0.15) is 13.9 Å². The van der Waals surface area contributed by atoms with Crippen LogP contribution >= 0.6 is 0 Å². The Hall–Kier alpha value is -3.03. The Labute approximate surface area is 148 Å². The van der Waals surface area contributed by atoms with Crippen LogP contribution in [0.1, 0.15) is 32.0 Å². The Morgan fingerprint density at radius 1 is 1.23 bits per heavy atom. The van der Waals surface area contributed by atoms with Crippen molar-refractivity contribution in [2.45, 2.75) is 32.1 Å². The maximum Gasteiger partial charge on any atom is 0.352 e. The number of amides is 1. The molecule has 8 heteroatoms. The minimum absolute atomic E-state index is 0.121. The van der Waals surface area contributed by atoms with Crippen LogP contribution < -0.4 is 10.6 Å². The summed E-state index contributed by atoms with van der Waals surface area (Å²) in [5, 5.41) is 9.77. The second-order valence-electron chi connectivity index (χ2n) is 7.30. The molecule has 0 bridgehead atoms. The number of hydrogen-bond donors (Lipinski definition) is 2. The molecule has 134 valence electrons. The first kappa shape index (κ1) is 16.4. The molecule has 0 aliphatic carbocycles. The molecule has 0 atom stereocenters. The Morgan fingerprint density at radius 3 is 2.73 bits per heavy atom. The highest BCUT2D eigenvalue weighted by Crippen LogP contribution is 2.42. The molecule has 1 amide bonds. The first-order valence-corrected chi connectivity index (χ1v) is 8.12. The molecular formula is C18H17F2N5O. The van der Waals surface area contributed by atoms with Crippen LogP contribution in [0.2, 0.25) is 0 Å². The molecule has 2 aromatic heterocycles. The van der Waals surface area contributed by atoms with E-state index in [0.717, 1.165) is 11.2 Å². The maximum absolute atomic E-state index is 14.0. The van der Waals surface area contributed by atoms with Crippen molar-refractivity contribution in [3.05, 3.63) is 47.9 Å². The highest BCUT2D eigenvalue weighted by atomic mass is 19.3. The molecule has 26 heavy (non-hydrogen) atoms. The Bertz CT molecular complexity index is 1040. The lowest BCUT2D eigenvalue weighted by Gasteiger charge is -2.13. The fourth-order valence-electron chi connectivity index (χ4n) is 2.84. The SMILES string of the molecule is CC(C)(C)c1cc2c(Nc3ccc4c(c3)C(F)(F)C(=O)N4)nccn2n1. The van der Waals surface area contributed by atoms with Crippen LogP contribution in [-0.4, -0.2) is 20.5 Å². The first-order chi connectivity index (χ1) is 12.2. The molecular weight excluding hydrogens is 340 g/mol. The molecule has 2 N–H and O–H groups in total. The number of nitrogens with zero attached hydrogens (tertiary/aromatic N) is 3. The number of benzene rings is 1. The summed E-state index contributed by atoms with van der Waals surface area (Å²) in [6.07, 6.45) is 3.32. The van der Waals surface area contributed by atoms with Gasteiger partial charge in [0, 0.05) is 23.5 Å². The van der Waals surface area contributed by atoms with E-state index >= 15 is 0 Å². The van der Waals surface area contributed by atoms with Gasteiger partial charge in [-0.1, -0.05) is 20.8 Å². The van der Waals surface area contributed by atoms with E-state index in [0.29, 0.717) is 11.5 Å². The third-order valence-electron chi connectivity index (χ3n) is 4.31. The van der Waals surface area contributed by atoms with Gasteiger partial charge >= 0.3 is 5.92 Å². The van der Waals surface area contributed by atoms with E-state index in [9.17, 15) is 13.6 Å². The zero-order valence-electron chi connectivity index (χ0n) is 14.5. The highest BCUT2D eigenvalue weighted by Gasteiger charge is 2.48. The second kappa shape index (κ2) is 5.23. The van der Waals surface area contributed by atoms with Gasteiger partial charge in [0.2, 0.25) is 0 Å². The molecule has 3 heterocycles. The Kier molecular flexibility index (Phi) is 3.31. The molecule has 0 spiro atoms. The number of carbonyl (C=O) groups excluding carboxylic acids is 1. The largest absolute Gasteiger partial charge is 0.352 e. The molecule has 0 fully saturated rings. The highest BCUT2D eigenvalue weighted by molar-refractivity contribution is 6.04. The molecule has 0 unspecified atom stereocenters. The number of alkyl halides is 2. The molecule has 1 aliphatic heterocycles. The predicted octanol–water partition coefficient (Wildman–Crippen LogP) is 3.81. The lowest BCUT2D eigenvalue weighted by atomic mass is 9.92. The topological polar surface area (TPSA) is 71.3 Å². The number of fused-ring (bicyclic) bond motifs is 2. The third kappa shape index (κ3) is 2.49. The van der Waals surface area contributed by atoms with Crippen molar-refractivity contribution in [3.63, 3.8) is 0 Å². The van der Waals surface area contributed by atoms with E-state index in [1.165, 1.54) is 12.1 Å². The zero-order valence-corrected chi connectivity index (χ0v) is 14.5. The van der Waals surface area contributed by atoms with E-state index in [2.05, 4.69) is 41.5 Å². The standard InChI is InChI=1S/C18H17F2N5O/c1-17(2,3)14-9-13-15(21-6-7-25(13)24-14)22-10-4-5-12-11(8-10)18(19,20)16(26)23-12/h4-9H,1-3H3,(H,21,22)(H,23,26). The molecule has 0 saturated heterocycles. The van der Waals surface area contributed by atoms with Gasteiger partial charge in [0.25, 0.3) is 5.91 Å². The van der Waals surface area contributed by atoms with E-state index in [1.54, 1.807) is 23.0 Å². The number of aromatic nitrogens is 3. The summed E-state index contributed by atoms with van der Waals surface area (Å²) in [7, 11) is 0. The molecule has 4 rings (SSSR count). The number of anilines is 3. The fourth-order valence-corrected chi connectivity index (χ4v) is 2.84. The van der Waals surface area contributed by atoms with Crippen LogP contribution in [-0.2, 0) is 16.1 Å². The Balaban J connectivity index is 1.74. The van der Waals surface area contributed by atoms with Crippen molar-refractivity contribution in [2.24, 2.45) is 0 Å². The van der Waals surface area contributed by atoms with Crippen LogP contribution in [0.15, 0.2) is 36.7 Å².